The number of nitrogens with one attached hydrogen (secondary N) is 1. The molecule has 1 saturated carbocycles. The average molecular weight is 256 g/mol. The molecule has 1 fully saturated rings. The summed E-state index contributed by atoms with van der Waals surface area (Å²) < 4.78 is 1.64. The minimum atomic E-state index is -0.148. The molecule has 2 rings (SSSR count). The van der Waals surface area contributed by atoms with Gasteiger partial charge in [-0.3, -0.25) is 9.48 Å². The van der Waals surface area contributed by atoms with E-state index in [1.54, 1.807) is 11.7 Å². The van der Waals surface area contributed by atoms with Crippen molar-refractivity contribution in [1.82, 2.24) is 15.1 Å². The predicted octanol–water partition coefficient (Wildman–Crippen LogP) is 2.44. The molecule has 17 heavy (non-hydrogen) atoms. The van der Waals surface area contributed by atoms with Crippen LogP contribution in [-0.4, -0.2) is 21.7 Å². The normalized spacial score (nSPS) is 17.1. The first-order valence-corrected chi connectivity index (χ1v) is 6.47. The summed E-state index contributed by atoms with van der Waals surface area (Å²) in [5, 5.41) is 7.62. The summed E-state index contributed by atoms with van der Waals surface area (Å²) in [6, 6.07) is 0.287. The molecule has 5 heteroatoms. The van der Waals surface area contributed by atoms with E-state index in [0.29, 0.717) is 10.7 Å². The van der Waals surface area contributed by atoms with Gasteiger partial charge in [0.05, 0.1) is 10.7 Å². The molecule has 1 aliphatic rings. The third kappa shape index (κ3) is 2.63. The van der Waals surface area contributed by atoms with Crippen LogP contribution in [0.3, 0.4) is 0 Å². The molecule has 1 aliphatic carbocycles. The Morgan fingerprint density at radius 1 is 1.41 bits per heavy atom. The summed E-state index contributed by atoms with van der Waals surface area (Å²) in [6.07, 6.45) is 5.79. The van der Waals surface area contributed by atoms with E-state index in [1.165, 1.54) is 19.3 Å². The van der Waals surface area contributed by atoms with Crippen molar-refractivity contribution < 1.29 is 4.79 Å². The Labute approximate surface area is 106 Å². The van der Waals surface area contributed by atoms with Crippen LogP contribution in [0.25, 0.3) is 0 Å². The van der Waals surface area contributed by atoms with Crippen LogP contribution < -0.4 is 5.32 Å². The van der Waals surface area contributed by atoms with E-state index in [1.807, 2.05) is 6.92 Å². The summed E-state index contributed by atoms with van der Waals surface area (Å²) in [5.74, 6) is -0.148. The number of aryl methyl sites for hydroxylation is 1. The van der Waals surface area contributed by atoms with E-state index in [-0.39, 0.29) is 11.9 Å². The molecule has 0 radical (unpaired) electrons. The molecule has 0 aromatic carbocycles. The van der Waals surface area contributed by atoms with Crippen molar-refractivity contribution in [2.75, 3.05) is 0 Å². The van der Waals surface area contributed by atoms with Crippen molar-refractivity contribution in [3.8, 4) is 0 Å². The first-order chi connectivity index (χ1) is 8.09. The highest BCUT2D eigenvalue weighted by molar-refractivity contribution is 6.34. The second-order valence-electron chi connectivity index (χ2n) is 4.68. The van der Waals surface area contributed by atoms with Gasteiger partial charge in [-0.05, 0) is 19.8 Å². The van der Waals surface area contributed by atoms with Crippen LogP contribution in [0.4, 0.5) is 0 Å². The van der Waals surface area contributed by atoms with E-state index in [2.05, 4.69) is 10.4 Å². The first-order valence-electron chi connectivity index (χ1n) is 6.09. The molecule has 1 aromatic rings. The minimum absolute atomic E-state index is 0.148. The summed E-state index contributed by atoms with van der Waals surface area (Å²) in [5.41, 5.74) is 1.16. The Hall–Kier alpha value is -1.03. The van der Waals surface area contributed by atoms with Crippen molar-refractivity contribution >= 4 is 17.5 Å². The molecular weight excluding hydrogens is 238 g/mol. The fourth-order valence-corrected chi connectivity index (χ4v) is 2.47. The molecule has 94 valence electrons. The number of amides is 1. The van der Waals surface area contributed by atoms with E-state index in [9.17, 15) is 4.79 Å². The highest BCUT2D eigenvalue weighted by Crippen LogP contribution is 2.21. The number of rotatable bonds is 2. The maximum Gasteiger partial charge on any atom is 0.273 e. The van der Waals surface area contributed by atoms with Gasteiger partial charge in [-0.2, -0.15) is 5.10 Å². The van der Waals surface area contributed by atoms with Gasteiger partial charge in [0.15, 0.2) is 5.69 Å². The standard InChI is InChI=1S/C12H18ClN3O/c1-8-10(13)11(15-16(8)2)12(17)14-9-6-4-3-5-7-9/h9H,3-7H2,1-2H3,(H,14,17). The van der Waals surface area contributed by atoms with Crippen molar-refractivity contribution in [3.63, 3.8) is 0 Å². The largest absolute Gasteiger partial charge is 0.348 e. The van der Waals surface area contributed by atoms with Crippen LogP contribution in [0.5, 0.6) is 0 Å². The Morgan fingerprint density at radius 3 is 2.59 bits per heavy atom. The second kappa shape index (κ2) is 5.08. The van der Waals surface area contributed by atoms with Crippen molar-refractivity contribution in [2.24, 2.45) is 7.05 Å². The summed E-state index contributed by atoms with van der Waals surface area (Å²) in [6.45, 7) is 1.85. The molecular formula is C12H18ClN3O. The van der Waals surface area contributed by atoms with E-state index in [0.717, 1.165) is 18.5 Å². The summed E-state index contributed by atoms with van der Waals surface area (Å²) >= 11 is 6.08. The molecule has 0 bridgehead atoms. The van der Waals surface area contributed by atoms with E-state index >= 15 is 0 Å². The third-order valence-electron chi connectivity index (χ3n) is 3.42. The molecule has 0 spiro atoms. The minimum Gasteiger partial charge on any atom is -0.348 e. The number of carbonyl (C=O) groups is 1. The van der Waals surface area contributed by atoms with Crippen LogP contribution in [0.15, 0.2) is 0 Å². The van der Waals surface area contributed by atoms with Gasteiger partial charge in [-0.25, -0.2) is 0 Å². The maximum atomic E-state index is 12.0. The lowest BCUT2D eigenvalue weighted by Crippen LogP contribution is -2.36. The van der Waals surface area contributed by atoms with E-state index in [4.69, 9.17) is 11.6 Å². The summed E-state index contributed by atoms with van der Waals surface area (Å²) in [7, 11) is 1.79. The van der Waals surface area contributed by atoms with Gasteiger partial charge < -0.3 is 5.32 Å². The fourth-order valence-electron chi connectivity index (χ4n) is 2.23. The third-order valence-corrected chi connectivity index (χ3v) is 3.87. The molecule has 1 amide bonds. The van der Waals surface area contributed by atoms with Crippen LogP contribution in [-0.2, 0) is 7.05 Å². The zero-order valence-electron chi connectivity index (χ0n) is 10.3. The Balaban J connectivity index is 2.06. The first kappa shape index (κ1) is 12.4. The SMILES string of the molecule is Cc1c(Cl)c(C(=O)NC2CCCCC2)nn1C. The number of hydrogen-bond donors (Lipinski definition) is 1. The monoisotopic (exact) mass is 255 g/mol. The van der Waals surface area contributed by atoms with Crippen molar-refractivity contribution in [1.29, 1.82) is 0 Å². The Kier molecular flexibility index (Phi) is 3.72. The predicted molar refractivity (Wildman–Crippen MR) is 67.3 cm³/mol. The quantitative estimate of drug-likeness (QED) is 0.882. The molecule has 0 unspecified atom stereocenters. The fraction of sp³-hybridized carbons (Fsp3) is 0.667. The highest BCUT2D eigenvalue weighted by atomic mass is 35.5. The van der Waals surface area contributed by atoms with Crippen LogP contribution in [0.2, 0.25) is 5.02 Å². The number of halogens is 1. The van der Waals surface area contributed by atoms with E-state index < -0.39 is 0 Å². The molecule has 1 N–H and O–H groups in total. The Bertz CT molecular complexity index is 422. The molecule has 0 atom stereocenters. The molecule has 0 saturated heterocycles. The van der Waals surface area contributed by atoms with Gasteiger partial charge in [0, 0.05) is 13.1 Å². The van der Waals surface area contributed by atoms with Gasteiger partial charge in [0.2, 0.25) is 0 Å². The molecule has 1 heterocycles. The lowest BCUT2D eigenvalue weighted by molar-refractivity contribution is 0.0922. The average Bonchev–Trinajstić information content (AvgIpc) is 2.58. The molecule has 1 aromatic heterocycles. The topological polar surface area (TPSA) is 46.9 Å². The number of nitrogens with zero attached hydrogens (tertiary/aromatic N) is 2. The zero-order chi connectivity index (χ0) is 12.4. The smallest absolute Gasteiger partial charge is 0.273 e. The van der Waals surface area contributed by atoms with Crippen LogP contribution in [0.1, 0.15) is 48.3 Å². The zero-order valence-corrected chi connectivity index (χ0v) is 11.0. The Morgan fingerprint density at radius 2 is 2.06 bits per heavy atom. The number of hydrogen-bond acceptors (Lipinski definition) is 2. The highest BCUT2D eigenvalue weighted by Gasteiger charge is 2.21. The van der Waals surface area contributed by atoms with Crippen LogP contribution >= 0.6 is 11.6 Å². The van der Waals surface area contributed by atoms with Gasteiger partial charge in [0.1, 0.15) is 0 Å². The maximum absolute atomic E-state index is 12.0. The van der Waals surface area contributed by atoms with Gasteiger partial charge in [0.25, 0.3) is 5.91 Å². The van der Waals surface area contributed by atoms with Crippen LogP contribution in [0, 0.1) is 6.92 Å². The lowest BCUT2D eigenvalue weighted by Gasteiger charge is -2.22. The second-order valence-corrected chi connectivity index (χ2v) is 5.06. The molecule has 0 aliphatic heterocycles. The van der Waals surface area contributed by atoms with Crippen molar-refractivity contribution in [2.45, 2.75) is 45.1 Å². The number of aromatic nitrogens is 2. The van der Waals surface area contributed by atoms with Crippen molar-refractivity contribution in [3.05, 3.63) is 16.4 Å². The number of carbonyl (C=O) groups excluding carboxylic acids is 1. The summed E-state index contributed by atoms with van der Waals surface area (Å²) in [4.78, 5) is 12.0. The lowest BCUT2D eigenvalue weighted by atomic mass is 9.95. The molecule has 4 nitrogen and oxygen atoms in total. The van der Waals surface area contributed by atoms with Gasteiger partial charge >= 0.3 is 0 Å². The van der Waals surface area contributed by atoms with Gasteiger partial charge in [-0.15, -0.1) is 0 Å². The van der Waals surface area contributed by atoms with Gasteiger partial charge in [-0.1, -0.05) is 30.9 Å².